The van der Waals surface area contributed by atoms with Crippen LogP contribution in [0, 0.1) is 6.33 Å². The van der Waals surface area contributed by atoms with Gasteiger partial charge in [0.15, 0.2) is 0 Å². The minimum absolute atomic E-state index is 0.243. The number of hydrogen-bond acceptors (Lipinski definition) is 3. The van der Waals surface area contributed by atoms with Gasteiger partial charge in [-0.25, -0.2) is 4.98 Å². The van der Waals surface area contributed by atoms with E-state index in [2.05, 4.69) is 252 Å². The summed E-state index contributed by atoms with van der Waals surface area (Å²) in [6.07, 6.45) is 3.98. The molecule has 12 rings (SSSR count). The van der Waals surface area contributed by atoms with E-state index in [4.69, 9.17) is 9.72 Å². The van der Waals surface area contributed by atoms with Gasteiger partial charge in [-0.3, -0.25) is 4.57 Å². The molecule has 0 amide bonds. The number of benzene rings is 8. The zero-order valence-corrected chi connectivity index (χ0v) is 36.4. The van der Waals surface area contributed by atoms with Gasteiger partial charge in [-0.05, 0) is 87.8 Å². The molecular formula is C58H44BN5O. The van der Waals surface area contributed by atoms with Crippen LogP contribution in [0.2, 0.25) is 0 Å². The van der Waals surface area contributed by atoms with Crippen molar-refractivity contribution in [1.82, 2.24) is 14.1 Å². The molecule has 1 aliphatic rings. The van der Waals surface area contributed by atoms with Crippen molar-refractivity contribution in [2.45, 2.75) is 26.2 Å². The molecule has 310 valence electrons. The summed E-state index contributed by atoms with van der Waals surface area (Å²) in [7, 11) is 0. The van der Waals surface area contributed by atoms with Gasteiger partial charge in [-0.1, -0.05) is 172 Å². The van der Waals surface area contributed by atoms with Crippen molar-refractivity contribution in [1.29, 1.82) is 0 Å². The third kappa shape index (κ3) is 6.58. The van der Waals surface area contributed by atoms with E-state index in [1.807, 2.05) is 6.07 Å². The summed E-state index contributed by atoms with van der Waals surface area (Å²) in [4.78, 5) is 8.29. The molecule has 0 fully saturated rings. The molecule has 7 heteroatoms. The number of nitrogens with zero attached hydrogens (tertiary/aromatic N) is 5. The predicted molar refractivity (Wildman–Crippen MR) is 266 cm³/mol. The number of rotatable bonds is 4. The van der Waals surface area contributed by atoms with Gasteiger partial charge in [-0.15, -0.1) is 0 Å². The lowest BCUT2D eigenvalue weighted by molar-refractivity contribution is -0.511. The van der Waals surface area contributed by atoms with E-state index in [1.54, 1.807) is 0 Å². The molecule has 0 aliphatic carbocycles. The number of anilines is 2. The summed E-state index contributed by atoms with van der Waals surface area (Å²) in [5, 5.41) is 2.28. The maximum absolute atomic E-state index is 6.79. The molecule has 8 bridgehead atoms. The Morgan fingerprint density at radius 1 is 0.508 bits per heavy atom. The Labute approximate surface area is 379 Å². The van der Waals surface area contributed by atoms with Gasteiger partial charge >= 0.3 is 6.98 Å². The largest absolute Gasteiger partial charge is 0.526 e. The Morgan fingerprint density at radius 2 is 1.09 bits per heavy atom. The van der Waals surface area contributed by atoms with E-state index >= 15 is 0 Å². The third-order valence-electron chi connectivity index (χ3n) is 12.7. The highest BCUT2D eigenvalue weighted by molar-refractivity contribution is 6.73. The van der Waals surface area contributed by atoms with Crippen LogP contribution in [0.1, 0.15) is 26.3 Å². The summed E-state index contributed by atoms with van der Waals surface area (Å²) in [5.41, 5.74) is 12.5. The molecule has 0 atom stereocenters. The maximum Gasteiger partial charge on any atom is 0.526 e. The summed E-state index contributed by atoms with van der Waals surface area (Å²) >= 11 is 0. The average molecular weight is 838 g/mol. The molecule has 0 N–H and O–H groups in total. The van der Waals surface area contributed by atoms with Crippen molar-refractivity contribution in [3.05, 3.63) is 224 Å². The van der Waals surface area contributed by atoms with Crippen molar-refractivity contribution in [3.8, 4) is 45.3 Å². The molecule has 8 aromatic carbocycles. The summed E-state index contributed by atoms with van der Waals surface area (Å²) in [6.45, 7) is 6.31. The normalized spacial score (nSPS) is 12.6. The third-order valence-corrected chi connectivity index (χ3v) is 12.7. The van der Waals surface area contributed by atoms with E-state index in [0.29, 0.717) is 0 Å². The molecule has 0 radical (unpaired) electrons. The van der Waals surface area contributed by atoms with Gasteiger partial charge in [0.2, 0.25) is 6.33 Å². The molecule has 11 aromatic rings. The van der Waals surface area contributed by atoms with Crippen LogP contribution in [0.5, 0.6) is 11.5 Å². The van der Waals surface area contributed by atoms with E-state index in [0.717, 1.165) is 101 Å². The van der Waals surface area contributed by atoms with Crippen LogP contribution in [0.3, 0.4) is 0 Å². The van der Waals surface area contributed by atoms with Crippen molar-refractivity contribution < 1.29 is 9.21 Å². The molecule has 65 heavy (non-hydrogen) atoms. The Balaban J connectivity index is 1.29. The van der Waals surface area contributed by atoms with Crippen molar-refractivity contribution in [3.63, 3.8) is 0 Å². The van der Waals surface area contributed by atoms with Gasteiger partial charge in [0.25, 0.3) is 0 Å². The fraction of sp³-hybridized carbons (Fsp3) is 0.0690. The molecule has 0 spiro atoms. The zero-order valence-electron chi connectivity index (χ0n) is 36.4. The van der Waals surface area contributed by atoms with E-state index in [-0.39, 0.29) is 5.41 Å². The fourth-order valence-electron chi connectivity index (χ4n) is 9.65. The number of para-hydroxylation sites is 4. The van der Waals surface area contributed by atoms with Crippen molar-refractivity contribution in [2.24, 2.45) is 0 Å². The smallest absolute Gasteiger partial charge is 0.458 e. The Kier molecular flexibility index (Phi) is 9.05. The van der Waals surface area contributed by atoms with Crippen molar-refractivity contribution >= 4 is 56.8 Å². The van der Waals surface area contributed by atoms with Crippen LogP contribution in [-0.4, -0.2) is 21.1 Å². The number of pyridine rings is 1. The lowest BCUT2D eigenvalue weighted by Gasteiger charge is -2.33. The molecule has 6 nitrogen and oxygen atoms in total. The molecular weight excluding hydrogens is 793 g/mol. The van der Waals surface area contributed by atoms with Crippen molar-refractivity contribution in [2.75, 3.05) is 4.81 Å². The standard InChI is InChI=1S/C58H44BN5O/c1-58(2,3)42-35-55-60-56(36-42)64(43-23-11-6-12-24-43)59(57-47(40-19-7-4-8-20-40)28-18-29-48(57)41-21-9-5-10-22-41)62-39-61(52-31-15-16-32-53(52)62)44-25-17-26-45(37-44)65-46-33-34-50-49-27-13-14-30-51(49)63(55)54(50)38-46/h4-38H,1-3H3. The van der Waals surface area contributed by atoms with Crippen LogP contribution >= 0.6 is 0 Å². The minimum atomic E-state index is -0.539. The number of fused-ring (bicyclic) bond motifs is 15. The van der Waals surface area contributed by atoms with Gasteiger partial charge in [0, 0.05) is 33.5 Å². The SMILES string of the molecule is CC(C)(C)c1cc2nc(c1)-n1c3ccccc3c3ccc(cc31)Oc1cccc(c1)-n1[c-][n+](c3ccccc31)B(c1c(-c3ccccc3)cccc1-c1ccccc1)N2c1ccccc1. The van der Waals surface area contributed by atoms with Gasteiger partial charge in [0.1, 0.15) is 23.1 Å². The number of hydrogen-bond donors (Lipinski definition) is 0. The highest BCUT2D eigenvalue weighted by atomic mass is 16.5. The highest BCUT2D eigenvalue weighted by Crippen LogP contribution is 2.39. The first-order valence-corrected chi connectivity index (χ1v) is 22.2. The predicted octanol–water partition coefficient (Wildman–Crippen LogP) is 13.0. The van der Waals surface area contributed by atoms with Crippen LogP contribution in [0.15, 0.2) is 212 Å². The second-order valence-electron chi connectivity index (χ2n) is 17.8. The quantitative estimate of drug-likeness (QED) is 0.131. The Morgan fingerprint density at radius 3 is 1.82 bits per heavy atom. The molecule has 1 aliphatic heterocycles. The fourth-order valence-corrected chi connectivity index (χ4v) is 9.65. The Hall–Kier alpha value is -8.16. The first-order valence-electron chi connectivity index (χ1n) is 22.2. The number of aromatic nitrogens is 4. The zero-order chi connectivity index (χ0) is 43.6. The summed E-state index contributed by atoms with van der Waals surface area (Å²) in [5.74, 6) is 3.09. The monoisotopic (exact) mass is 837 g/mol. The van der Waals surface area contributed by atoms with Crippen LogP contribution < -0.4 is 19.5 Å². The number of imidazole rings is 1. The second kappa shape index (κ2) is 15.3. The maximum atomic E-state index is 6.79. The highest BCUT2D eigenvalue weighted by Gasteiger charge is 2.42. The van der Waals surface area contributed by atoms with Gasteiger partial charge < -0.3 is 18.6 Å². The molecule has 0 saturated heterocycles. The van der Waals surface area contributed by atoms with Gasteiger partial charge in [0.05, 0.1) is 22.2 Å². The molecule has 0 saturated carbocycles. The molecule has 3 aromatic heterocycles. The van der Waals surface area contributed by atoms with E-state index < -0.39 is 6.98 Å². The topological polar surface area (TPSA) is 39.1 Å². The number of ether oxygens (including phenoxy) is 1. The lowest BCUT2D eigenvalue weighted by atomic mass is 9.59. The Bertz CT molecular complexity index is 3520. The van der Waals surface area contributed by atoms with Gasteiger partial charge in [-0.2, -0.15) is 0 Å². The minimum Gasteiger partial charge on any atom is -0.458 e. The lowest BCUT2D eigenvalue weighted by Crippen LogP contribution is -2.68. The average Bonchev–Trinajstić information content (AvgIpc) is 3.89. The first kappa shape index (κ1) is 38.5. The van der Waals surface area contributed by atoms with E-state index in [9.17, 15) is 0 Å². The van der Waals surface area contributed by atoms with Crippen LogP contribution in [-0.2, 0) is 5.41 Å². The summed E-state index contributed by atoms with van der Waals surface area (Å²) in [6, 6.07) is 75.5. The molecule has 0 unspecified atom stereocenters. The van der Waals surface area contributed by atoms with Crippen LogP contribution in [0.4, 0.5) is 11.5 Å². The van der Waals surface area contributed by atoms with Crippen LogP contribution in [0.25, 0.3) is 66.6 Å². The second-order valence-corrected chi connectivity index (χ2v) is 17.8. The van der Waals surface area contributed by atoms with E-state index in [1.165, 1.54) is 0 Å². The summed E-state index contributed by atoms with van der Waals surface area (Å²) < 4.78 is 13.6. The first-order chi connectivity index (χ1) is 31.9. The molecule has 4 heterocycles.